The van der Waals surface area contributed by atoms with Gasteiger partial charge >= 0.3 is 0 Å². The second-order valence-electron chi connectivity index (χ2n) is 5.83. The van der Waals surface area contributed by atoms with Crippen LogP contribution in [-0.2, 0) is 17.8 Å². The second kappa shape index (κ2) is 8.34. The van der Waals surface area contributed by atoms with Crippen LogP contribution >= 0.6 is 0 Å². The molecule has 4 nitrogen and oxygen atoms in total. The lowest BCUT2D eigenvalue weighted by molar-refractivity contribution is -0.116. The van der Waals surface area contributed by atoms with E-state index in [-0.39, 0.29) is 5.91 Å². The standard InChI is InChI=1S/C19H24N2O2/c1-21(2)14-16-5-4-6-17(13-16)20-19(22)12-9-15-7-10-18(23-3)11-8-15/h4-8,10-11,13H,9,12,14H2,1-3H3,(H,20,22). The first-order valence-electron chi connectivity index (χ1n) is 7.73. The predicted molar refractivity (Wildman–Crippen MR) is 93.8 cm³/mol. The lowest BCUT2D eigenvalue weighted by Crippen LogP contribution is -2.14. The molecule has 1 N–H and O–H groups in total. The predicted octanol–water partition coefficient (Wildman–Crippen LogP) is 3.33. The minimum atomic E-state index is 0.0304. The monoisotopic (exact) mass is 312 g/mol. The molecule has 0 aromatic heterocycles. The van der Waals surface area contributed by atoms with E-state index in [1.54, 1.807) is 7.11 Å². The number of carbonyl (C=O) groups is 1. The van der Waals surface area contributed by atoms with E-state index in [1.165, 1.54) is 5.56 Å². The van der Waals surface area contributed by atoms with E-state index in [0.717, 1.165) is 23.5 Å². The van der Waals surface area contributed by atoms with Gasteiger partial charge in [-0.3, -0.25) is 4.79 Å². The molecule has 0 spiro atoms. The topological polar surface area (TPSA) is 41.6 Å². The van der Waals surface area contributed by atoms with E-state index in [1.807, 2.05) is 56.6 Å². The zero-order valence-electron chi connectivity index (χ0n) is 14.0. The molecule has 0 aliphatic rings. The average Bonchev–Trinajstić information content (AvgIpc) is 2.53. The number of rotatable bonds is 7. The third-order valence-electron chi connectivity index (χ3n) is 3.51. The van der Waals surface area contributed by atoms with Gasteiger partial charge in [0.25, 0.3) is 0 Å². The van der Waals surface area contributed by atoms with Crippen molar-refractivity contribution in [1.29, 1.82) is 0 Å². The van der Waals surface area contributed by atoms with E-state index in [2.05, 4.69) is 16.3 Å². The molecule has 0 heterocycles. The Balaban J connectivity index is 1.86. The summed E-state index contributed by atoms with van der Waals surface area (Å²) in [5.74, 6) is 0.860. The van der Waals surface area contributed by atoms with Crippen LogP contribution in [0.15, 0.2) is 48.5 Å². The molecule has 0 saturated heterocycles. The maximum atomic E-state index is 12.1. The summed E-state index contributed by atoms with van der Waals surface area (Å²) in [4.78, 5) is 14.2. The largest absolute Gasteiger partial charge is 0.497 e. The van der Waals surface area contributed by atoms with Crippen molar-refractivity contribution in [1.82, 2.24) is 4.90 Å². The van der Waals surface area contributed by atoms with Gasteiger partial charge in [-0.1, -0.05) is 24.3 Å². The van der Waals surface area contributed by atoms with Crippen LogP contribution in [0.2, 0.25) is 0 Å². The van der Waals surface area contributed by atoms with Gasteiger partial charge in [0.15, 0.2) is 0 Å². The molecule has 0 unspecified atom stereocenters. The Labute approximate surface area is 138 Å². The molecule has 122 valence electrons. The maximum Gasteiger partial charge on any atom is 0.224 e. The van der Waals surface area contributed by atoms with Gasteiger partial charge in [-0.15, -0.1) is 0 Å². The number of ether oxygens (including phenoxy) is 1. The van der Waals surface area contributed by atoms with Crippen LogP contribution in [-0.4, -0.2) is 32.0 Å². The molecule has 4 heteroatoms. The van der Waals surface area contributed by atoms with E-state index in [9.17, 15) is 4.79 Å². The van der Waals surface area contributed by atoms with Crippen molar-refractivity contribution in [2.75, 3.05) is 26.5 Å². The highest BCUT2D eigenvalue weighted by molar-refractivity contribution is 5.90. The summed E-state index contributed by atoms with van der Waals surface area (Å²) in [7, 11) is 5.70. The molecule has 2 aromatic carbocycles. The zero-order valence-corrected chi connectivity index (χ0v) is 14.0. The lowest BCUT2D eigenvalue weighted by Gasteiger charge is -2.11. The van der Waals surface area contributed by atoms with Crippen molar-refractivity contribution < 1.29 is 9.53 Å². The Morgan fingerprint density at radius 1 is 1.09 bits per heavy atom. The molecule has 0 atom stereocenters. The molecule has 0 bridgehead atoms. The van der Waals surface area contributed by atoms with Crippen LogP contribution in [0.3, 0.4) is 0 Å². The molecule has 0 radical (unpaired) electrons. The van der Waals surface area contributed by atoms with Crippen molar-refractivity contribution in [3.05, 3.63) is 59.7 Å². The van der Waals surface area contributed by atoms with Crippen LogP contribution < -0.4 is 10.1 Å². The minimum absolute atomic E-state index is 0.0304. The first-order chi connectivity index (χ1) is 11.1. The van der Waals surface area contributed by atoms with Gasteiger partial charge in [-0.25, -0.2) is 0 Å². The number of carbonyl (C=O) groups excluding carboxylic acids is 1. The highest BCUT2D eigenvalue weighted by Crippen LogP contribution is 2.14. The van der Waals surface area contributed by atoms with Gasteiger partial charge in [0.05, 0.1) is 7.11 Å². The molecule has 0 fully saturated rings. The van der Waals surface area contributed by atoms with Crippen LogP contribution in [0.1, 0.15) is 17.5 Å². The van der Waals surface area contributed by atoms with Gasteiger partial charge in [0.1, 0.15) is 5.75 Å². The lowest BCUT2D eigenvalue weighted by atomic mass is 10.1. The van der Waals surface area contributed by atoms with Crippen LogP contribution in [0.4, 0.5) is 5.69 Å². The first-order valence-corrected chi connectivity index (χ1v) is 7.73. The fraction of sp³-hybridized carbons (Fsp3) is 0.316. The molecule has 2 aromatic rings. The van der Waals surface area contributed by atoms with Gasteiger partial charge in [-0.2, -0.15) is 0 Å². The summed E-state index contributed by atoms with van der Waals surface area (Å²) in [5.41, 5.74) is 3.16. The van der Waals surface area contributed by atoms with Crippen LogP contribution in [0, 0.1) is 0 Å². The van der Waals surface area contributed by atoms with Gasteiger partial charge in [0, 0.05) is 18.7 Å². The number of benzene rings is 2. The average molecular weight is 312 g/mol. The zero-order chi connectivity index (χ0) is 16.7. The summed E-state index contributed by atoms with van der Waals surface area (Å²) < 4.78 is 5.13. The van der Waals surface area contributed by atoms with E-state index >= 15 is 0 Å². The number of aryl methyl sites for hydroxylation is 1. The number of nitrogens with one attached hydrogen (secondary N) is 1. The van der Waals surface area contributed by atoms with Crippen molar-refractivity contribution in [2.24, 2.45) is 0 Å². The molecule has 0 aliphatic heterocycles. The summed E-state index contributed by atoms with van der Waals surface area (Å²) in [6.07, 6.45) is 1.18. The number of anilines is 1. The second-order valence-corrected chi connectivity index (χ2v) is 5.83. The first kappa shape index (κ1) is 17.0. The Hall–Kier alpha value is -2.33. The summed E-state index contributed by atoms with van der Waals surface area (Å²) in [5, 5.41) is 2.97. The molecule has 0 aliphatic carbocycles. The molecular weight excluding hydrogens is 288 g/mol. The summed E-state index contributed by atoms with van der Waals surface area (Å²) in [6, 6.07) is 15.8. The third kappa shape index (κ3) is 5.75. The minimum Gasteiger partial charge on any atom is -0.497 e. The van der Waals surface area contributed by atoms with Gasteiger partial charge in [-0.05, 0) is 55.9 Å². The third-order valence-corrected chi connectivity index (χ3v) is 3.51. The Bertz CT molecular complexity index is 636. The van der Waals surface area contributed by atoms with E-state index in [4.69, 9.17) is 4.74 Å². The van der Waals surface area contributed by atoms with Crippen LogP contribution in [0.25, 0.3) is 0 Å². The quantitative estimate of drug-likeness (QED) is 0.852. The molecule has 2 rings (SSSR count). The molecule has 23 heavy (non-hydrogen) atoms. The maximum absolute atomic E-state index is 12.1. The Morgan fingerprint density at radius 2 is 1.83 bits per heavy atom. The number of amides is 1. The Morgan fingerprint density at radius 3 is 2.48 bits per heavy atom. The van der Waals surface area contributed by atoms with Crippen molar-refractivity contribution in [3.63, 3.8) is 0 Å². The number of hydrogen-bond acceptors (Lipinski definition) is 3. The molecule has 0 saturated carbocycles. The summed E-state index contributed by atoms with van der Waals surface area (Å²) in [6.45, 7) is 0.857. The highest BCUT2D eigenvalue weighted by Gasteiger charge is 2.05. The van der Waals surface area contributed by atoms with Gasteiger partial charge in [0.2, 0.25) is 5.91 Å². The number of methoxy groups -OCH3 is 1. The molecular formula is C19H24N2O2. The molecule has 1 amide bonds. The van der Waals surface area contributed by atoms with Crippen LogP contribution in [0.5, 0.6) is 5.75 Å². The number of nitrogens with zero attached hydrogens (tertiary/aromatic N) is 1. The smallest absolute Gasteiger partial charge is 0.224 e. The van der Waals surface area contributed by atoms with Crippen molar-refractivity contribution in [2.45, 2.75) is 19.4 Å². The fourth-order valence-electron chi connectivity index (χ4n) is 2.39. The fourth-order valence-corrected chi connectivity index (χ4v) is 2.39. The SMILES string of the molecule is COc1ccc(CCC(=O)Nc2cccc(CN(C)C)c2)cc1. The van der Waals surface area contributed by atoms with E-state index < -0.39 is 0 Å². The van der Waals surface area contributed by atoms with Gasteiger partial charge < -0.3 is 15.0 Å². The van der Waals surface area contributed by atoms with Crippen molar-refractivity contribution >= 4 is 11.6 Å². The number of hydrogen-bond donors (Lipinski definition) is 1. The van der Waals surface area contributed by atoms with Crippen molar-refractivity contribution in [3.8, 4) is 5.75 Å². The highest BCUT2D eigenvalue weighted by atomic mass is 16.5. The van der Waals surface area contributed by atoms with E-state index in [0.29, 0.717) is 12.8 Å². The Kier molecular flexibility index (Phi) is 6.18. The normalized spacial score (nSPS) is 10.6. The summed E-state index contributed by atoms with van der Waals surface area (Å²) >= 11 is 0.